The second-order valence-corrected chi connectivity index (χ2v) is 4.96. The van der Waals surface area contributed by atoms with Crippen molar-refractivity contribution in [2.75, 3.05) is 7.05 Å². The van der Waals surface area contributed by atoms with Crippen LogP contribution in [0.4, 0.5) is 0 Å². The molecule has 0 heterocycles. The summed E-state index contributed by atoms with van der Waals surface area (Å²) in [7, 11) is 1.61. The summed E-state index contributed by atoms with van der Waals surface area (Å²) in [5.74, 6) is -0.145. The van der Waals surface area contributed by atoms with Crippen LogP contribution in [-0.2, 0) is 9.63 Å². The van der Waals surface area contributed by atoms with Gasteiger partial charge in [-0.2, -0.15) is 5.48 Å². The molecule has 0 aliphatic rings. The first-order valence-electron chi connectivity index (χ1n) is 7.67. The van der Waals surface area contributed by atoms with Crippen LogP contribution >= 0.6 is 0 Å². The maximum absolute atomic E-state index is 11.0. The molecule has 0 atom stereocenters. The number of nitrogens with one attached hydrogen (secondary N) is 1. The topological polar surface area (TPSA) is 38.3 Å². The molecule has 0 aromatic heterocycles. The Morgan fingerprint density at radius 1 is 0.842 bits per heavy atom. The van der Waals surface area contributed by atoms with Crippen molar-refractivity contribution < 1.29 is 9.63 Å². The van der Waals surface area contributed by atoms with Gasteiger partial charge in [0.1, 0.15) is 0 Å². The summed E-state index contributed by atoms with van der Waals surface area (Å²) in [4.78, 5) is 15.7. The van der Waals surface area contributed by atoms with E-state index in [2.05, 4.69) is 17.2 Å². The summed E-state index contributed by atoms with van der Waals surface area (Å²) in [5, 5.41) is 0. The van der Waals surface area contributed by atoms with Gasteiger partial charge in [0.05, 0.1) is 0 Å². The fourth-order valence-electron chi connectivity index (χ4n) is 2.10. The zero-order valence-electron chi connectivity index (χ0n) is 12.3. The van der Waals surface area contributed by atoms with Crippen molar-refractivity contribution in [3.05, 3.63) is 0 Å². The number of hydrogen-bond donors (Lipinski definition) is 1. The van der Waals surface area contributed by atoms with E-state index >= 15 is 0 Å². The van der Waals surface area contributed by atoms with Gasteiger partial charge in [-0.25, -0.2) is 0 Å². The Kier molecular flexibility index (Phi) is 21.1. The molecule has 4 heteroatoms. The van der Waals surface area contributed by atoms with Crippen LogP contribution in [0.5, 0.6) is 0 Å². The minimum atomic E-state index is -0.145. The van der Waals surface area contributed by atoms with Crippen LogP contribution in [0.25, 0.3) is 0 Å². The van der Waals surface area contributed by atoms with Crippen LogP contribution in [0.3, 0.4) is 0 Å². The molecule has 0 amide bonds. The molecule has 0 bridgehead atoms. The molecule has 0 aliphatic carbocycles. The van der Waals surface area contributed by atoms with Crippen LogP contribution in [0, 0.1) is 0 Å². The Labute approximate surface area is 141 Å². The average Bonchev–Trinajstić information content (AvgIpc) is 2.36. The molecule has 1 N–H and O–H groups in total. The second-order valence-electron chi connectivity index (χ2n) is 4.96. The van der Waals surface area contributed by atoms with E-state index in [9.17, 15) is 4.79 Å². The Morgan fingerprint density at radius 2 is 1.26 bits per heavy atom. The molecule has 0 saturated heterocycles. The normalized spacial score (nSPS) is 10.0. The zero-order chi connectivity index (χ0) is 13.5. The van der Waals surface area contributed by atoms with Gasteiger partial charge in [-0.15, -0.1) is 0 Å². The maximum atomic E-state index is 11.0. The predicted octanol–water partition coefficient (Wildman–Crippen LogP) is 3.72. The molecular formula is C15H32NNaO2. The van der Waals surface area contributed by atoms with Gasteiger partial charge in [-0.1, -0.05) is 71.1 Å². The summed E-state index contributed by atoms with van der Waals surface area (Å²) in [6.45, 7) is 2.26. The van der Waals surface area contributed by atoms with Gasteiger partial charge in [-0.05, 0) is 6.42 Å². The summed E-state index contributed by atoms with van der Waals surface area (Å²) < 4.78 is 0. The van der Waals surface area contributed by atoms with E-state index in [4.69, 9.17) is 0 Å². The summed E-state index contributed by atoms with van der Waals surface area (Å²) >= 11 is 0. The van der Waals surface area contributed by atoms with Crippen molar-refractivity contribution in [1.82, 2.24) is 5.48 Å². The van der Waals surface area contributed by atoms with Gasteiger partial charge in [0, 0.05) is 13.5 Å². The number of unbranched alkanes of at least 4 members (excludes halogenated alkanes) is 10. The van der Waals surface area contributed by atoms with Crippen LogP contribution in [0.15, 0.2) is 0 Å². The van der Waals surface area contributed by atoms with E-state index in [1.165, 1.54) is 57.8 Å². The molecule has 0 radical (unpaired) electrons. The van der Waals surface area contributed by atoms with Crippen LogP contribution in [0.1, 0.15) is 84.0 Å². The molecule has 0 spiro atoms. The number of rotatable bonds is 13. The summed E-state index contributed by atoms with van der Waals surface area (Å²) in [6, 6.07) is 0. The van der Waals surface area contributed by atoms with Crippen molar-refractivity contribution in [3.63, 3.8) is 0 Å². The Bertz CT molecular complexity index is 189. The van der Waals surface area contributed by atoms with E-state index in [0.717, 1.165) is 12.8 Å². The third-order valence-electron chi connectivity index (χ3n) is 3.20. The first kappa shape index (κ1) is 21.7. The van der Waals surface area contributed by atoms with Gasteiger partial charge in [-0.3, -0.25) is 4.79 Å². The first-order chi connectivity index (χ1) is 8.81. The summed E-state index contributed by atoms with van der Waals surface area (Å²) in [6.07, 6.45) is 14.9. The van der Waals surface area contributed by atoms with Gasteiger partial charge < -0.3 is 4.84 Å². The van der Waals surface area contributed by atoms with Gasteiger partial charge >= 0.3 is 35.5 Å². The number of hydroxylamine groups is 1. The fraction of sp³-hybridized carbons (Fsp3) is 0.933. The van der Waals surface area contributed by atoms with Crippen molar-refractivity contribution >= 4 is 35.5 Å². The molecule has 19 heavy (non-hydrogen) atoms. The Hall–Kier alpha value is 0.430. The first-order valence-corrected chi connectivity index (χ1v) is 7.67. The predicted molar refractivity (Wildman–Crippen MR) is 83.4 cm³/mol. The molecular weight excluding hydrogens is 249 g/mol. The van der Waals surface area contributed by atoms with Crippen LogP contribution in [-0.4, -0.2) is 42.6 Å². The molecule has 0 aliphatic heterocycles. The number of hydrogen-bond acceptors (Lipinski definition) is 3. The third-order valence-corrected chi connectivity index (χ3v) is 3.20. The molecule has 0 saturated carbocycles. The van der Waals surface area contributed by atoms with E-state index in [1.807, 2.05) is 0 Å². The quantitative estimate of drug-likeness (QED) is 0.318. The molecule has 0 rings (SSSR count). The number of carbonyl (C=O) groups excluding carboxylic acids is 1. The van der Waals surface area contributed by atoms with Crippen LogP contribution < -0.4 is 5.48 Å². The standard InChI is InChI=1S/C15H31NO2.Na.H/c1-3-4-5-6-7-8-9-10-11-12-13-14-15(17)18-16-2;;/h16H,3-14H2,1-2H3;;. The van der Waals surface area contributed by atoms with E-state index in [-0.39, 0.29) is 35.5 Å². The molecule has 0 aromatic carbocycles. The summed E-state index contributed by atoms with van der Waals surface area (Å²) in [5.41, 5.74) is 2.41. The van der Waals surface area contributed by atoms with Crippen molar-refractivity contribution in [2.45, 2.75) is 84.0 Å². The molecule has 0 unspecified atom stereocenters. The van der Waals surface area contributed by atoms with Gasteiger partial charge in [0.25, 0.3) is 0 Å². The molecule has 0 aromatic rings. The van der Waals surface area contributed by atoms with Crippen LogP contribution in [0.2, 0.25) is 0 Å². The minimum absolute atomic E-state index is 0. The fourth-order valence-corrected chi connectivity index (χ4v) is 2.10. The van der Waals surface area contributed by atoms with Crippen molar-refractivity contribution in [2.24, 2.45) is 0 Å². The Morgan fingerprint density at radius 3 is 1.68 bits per heavy atom. The Balaban J connectivity index is 0. The molecule has 3 nitrogen and oxygen atoms in total. The van der Waals surface area contributed by atoms with Gasteiger partial charge in [0.2, 0.25) is 0 Å². The van der Waals surface area contributed by atoms with E-state index < -0.39 is 0 Å². The van der Waals surface area contributed by atoms with E-state index in [1.54, 1.807) is 7.05 Å². The van der Waals surface area contributed by atoms with Gasteiger partial charge in [0.15, 0.2) is 0 Å². The molecule has 110 valence electrons. The average molecular weight is 281 g/mol. The number of carbonyl (C=O) groups is 1. The second kappa shape index (κ2) is 18.4. The van der Waals surface area contributed by atoms with Crippen molar-refractivity contribution in [1.29, 1.82) is 0 Å². The zero-order valence-corrected chi connectivity index (χ0v) is 12.3. The molecule has 0 fully saturated rings. The third kappa shape index (κ3) is 18.4. The van der Waals surface area contributed by atoms with Crippen molar-refractivity contribution in [3.8, 4) is 0 Å². The monoisotopic (exact) mass is 281 g/mol. The SMILES string of the molecule is CCCCCCCCCCCCCC(=O)ONC.[NaH]. The van der Waals surface area contributed by atoms with E-state index in [0.29, 0.717) is 6.42 Å².